The van der Waals surface area contributed by atoms with Crippen molar-refractivity contribution in [3.8, 4) is 5.82 Å². The Morgan fingerprint density at radius 3 is 2.77 bits per heavy atom. The molecule has 3 aromatic rings. The van der Waals surface area contributed by atoms with E-state index in [1.807, 2.05) is 26.0 Å². The molecule has 0 aliphatic carbocycles. The Bertz CT molecular complexity index is 866. The molecule has 2 heterocycles. The molecule has 0 saturated carbocycles. The average Bonchev–Trinajstić information content (AvgIpc) is 2.91. The van der Waals surface area contributed by atoms with Crippen LogP contribution < -0.4 is 5.73 Å². The van der Waals surface area contributed by atoms with Crippen LogP contribution in [-0.4, -0.2) is 14.8 Å². The number of aromatic nitrogens is 3. The van der Waals surface area contributed by atoms with Crippen LogP contribution in [0.25, 0.3) is 16.7 Å². The van der Waals surface area contributed by atoms with Gasteiger partial charge in [0.15, 0.2) is 11.6 Å². The van der Waals surface area contributed by atoms with Crippen molar-refractivity contribution >= 4 is 28.3 Å². The van der Waals surface area contributed by atoms with Crippen molar-refractivity contribution in [2.24, 2.45) is 10.9 Å². The van der Waals surface area contributed by atoms with Gasteiger partial charge in [-0.25, -0.2) is 9.67 Å². The highest BCUT2D eigenvalue weighted by atomic mass is 35.5. The third-order valence-corrected chi connectivity index (χ3v) is 3.74. The normalized spacial score (nSPS) is 11.8. The molecule has 3 rings (SSSR count). The highest BCUT2D eigenvalue weighted by molar-refractivity contribution is 6.35. The molecule has 2 N–H and O–H groups in total. The van der Waals surface area contributed by atoms with Crippen molar-refractivity contribution in [2.45, 2.75) is 19.4 Å². The van der Waals surface area contributed by atoms with Gasteiger partial charge in [0.25, 0.3) is 0 Å². The Hall–Kier alpha value is -2.31. The summed E-state index contributed by atoms with van der Waals surface area (Å²) in [4.78, 5) is 15.1. The minimum absolute atomic E-state index is 0.0664. The van der Waals surface area contributed by atoms with Gasteiger partial charge >= 0.3 is 0 Å². The second kappa shape index (κ2) is 5.15. The van der Waals surface area contributed by atoms with E-state index in [-0.39, 0.29) is 5.82 Å². The molecule has 0 unspecified atom stereocenters. The first kappa shape index (κ1) is 14.6. The van der Waals surface area contributed by atoms with Crippen LogP contribution in [0.4, 0.5) is 5.82 Å². The molecular formula is C15H14ClN5O. The number of benzene rings is 1. The molecule has 0 fully saturated rings. The summed E-state index contributed by atoms with van der Waals surface area (Å²) in [6.45, 7) is 3.69. The van der Waals surface area contributed by atoms with Gasteiger partial charge in [0.05, 0.1) is 16.7 Å². The minimum atomic E-state index is -0.627. The second-order valence-electron chi connectivity index (χ2n) is 5.61. The molecular weight excluding hydrogens is 302 g/mol. The summed E-state index contributed by atoms with van der Waals surface area (Å²) < 4.78 is 1.62. The first-order chi connectivity index (χ1) is 10.4. The maximum absolute atomic E-state index is 10.9. The van der Waals surface area contributed by atoms with E-state index in [1.54, 1.807) is 29.1 Å². The van der Waals surface area contributed by atoms with Gasteiger partial charge in [0.1, 0.15) is 0 Å². The van der Waals surface area contributed by atoms with E-state index in [9.17, 15) is 4.91 Å². The lowest BCUT2D eigenvalue weighted by Crippen LogP contribution is -2.28. The topological polar surface area (TPSA) is 86.2 Å². The fourth-order valence-electron chi connectivity index (χ4n) is 2.23. The van der Waals surface area contributed by atoms with Gasteiger partial charge < -0.3 is 5.73 Å². The lowest BCUT2D eigenvalue weighted by molar-refractivity contribution is 0.553. The van der Waals surface area contributed by atoms with Crippen LogP contribution in [0.15, 0.2) is 41.7 Å². The quantitative estimate of drug-likeness (QED) is 0.747. The molecule has 2 aromatic heterocycles. The van der Waals surface area contributed by atoms with Crippen LogP contribution in [0.2, 0.25) is 5.02 Å². The highest BCUT2D eigenvalue weighted by Crippen LogP contribution is 2.27. The molecule has 0 aliphatic heterocycles. The number of hydrogen-bond donors (Lipinski definition) is 1. The molecule has 0 spiro atoms. The zero-order chi connectivity index (χ0) is 15.9. The van der Waals surface area contributed by atoms with Crippen LogP contribution in [0.1, 0.15) is 19.4 Å². The van der Waals surface area contributed by atoms with Gasteiger partial charge in [-0.15, -0.1) is 4.91 Å². The van der Waals surface area contributed by atoms with Gasteiger partial charge in [-0.1, -0.05) is 17.7 Å². The van der Waals surface area contributed by atoms with Crippen LogP contribution in [0.3, 0.4) is 0 Å². The summed E-state index contributed by atoms with van der Waals surface area (Å²) in [6, 6.07) is 8.88. The monoisotopic (exact) mass is 315 g/mol. The predicted molar refractivity (Wildman–Crippen MR) is 86.5 cm³/mol. The van der Waals surface area contributed by atoms with E-state index in [0.717, 1.165) is 16.5 Å². The molecule has 0 aliphatic rings. The number of hydrogen-bond acceptors (Lipinski definition) is 5. The molecule has 22 heavy (non-hydrogen) atoms. The lowest BCUT2D eigenvalue weighted by atomic mass is 9.96. The van der Waals surface area contributed by atoms with Crippen LogP contribution in [-0.2, 0) is 5.54 Å². The molecule has 112 valence electrons. The van der Waals surface area contributed by atoms with E-state index in [1.165, 1.54) is 0 Å². The number of fused-ring (bicyclic) bond motifs is 1. The predicted octanol–water partition coefficient (Wildman–Crippen LogP) is 3.67. The fraction of sp³-hybridized carbons (Fsp3) is 0.200. The fourth-order valence-corrected chi connectivity index (χ4v) is 2.45. The van der Waals surface area contributed by atoms with Crippen molar-refractivity contribution in [3.63, 3.8) is 0 Å². The van der Waals surface area contributed by atoms with Crippen molar-refractivity contribution in [1.29, 1.82) is 0 Å². The molecule has 0 atom stereocenters. The maximum atomic E-state index is 10.9. The third kappa shape index (κ3) is 2.47. The zero-order valence-electron chi connectivity index (χ0n) is 12.1. The number of rotatable bonds is 3. The number of pyridine rings is 1. The van der Waals surface area contributed by atoms with Crippen LogP contribution in [0, 0.1) is 4.91 Å². The van der Waals surface area contributed by atoms with Crippen molar-refractivity contribution in [3.05, 3.63) is 52.0 Å². The van der Waals surface area contributed by atoms with E-state index in [2.05, 4.69) is 15.3 Å². The van der Waals surface area contributed by atoms with Gasteiger partial charge in [-0.3, -0.25) is 0 Å². The smallest absolute Gasteiger partial charge is 0.198 e. The SMILES string of the molecule is CC(C)(N)c1cc(N=O)nc(-n2ncc3c(Cl)cccc32)c1. The average molecular weight is 316 g/mol. The van der Waals surface area contributed by atoms with E-state index < -0.39 is 5.54 Å². The second-order valence-corrected chi connectivity index (χ2v) is 6.02. The summed E-state index contributed by atoms with van der Waals surface area (Å²) >= 11 is 6.16. The van der Waals surface area contributed by atoms with Crippen molar-refractivity contribution in [1.82, 2.24) is 14.8 Å². The Kier molecular flexibility index (Phi) is 3.42. The summed E-state index contributed by atoms with van der Waals surface area (Å²) in [6.07, 6.45) is 1.66. The lowest BCUT2D eigenvalue weighted by Gasteiger charge is -2.19. The Morgan fingerprint density at radius 1 is 1.32 bits per heavy atom. The molecule has 6 nitrogen and oxygen atoms in total. The summed E-state index contributed by atoms with van der Waals surface area (Å²) in [5, 5.41) is 8.65. The Morgan fingerprint density at radius 2 is 2.09 bits per heavy atom. The summed E-state index contributed by atoms with van der Waals surface area (Å²) in [5.41, 5.74) is 7.03. The largest absolute Gasteiger partial charge is 0.322 e. The zero-order valence-corrected chi connectivity index (χ0v) is 12.9. The van der Waals surface area contributed by atoms with Gasteiger partial charge in [-0.05, 0) is 48.9 Å². The van der Waals surface area contributed by atoms with Gasteiger partial charge in [0.2, 0.25) is 0 Å². The van der Waals surface area contributed by atoms with E-state index >= 15 is 0 Å². The van der Waals surface area contributed by atoms with Gasteiger partial charge in [0, 0.05) is 10.9 Å². The molecule has 1 aromatic carbocycles. The third-order valence-electron chi connectivity index (χ3n) is 3.41. The van der Waals surface area contributed by atoms with E-state index in [0.29, 0.717) is 10.8 Å². The standard InChI is InChI=1S/C15H14ClN5O/c1-15(2,17)9-6-13(20-22)19-14(7-9)21-12-5-3-4-11(16)10(12)8-18-21/h3-8H,17H2,1-2H3. The number of nitrogens with zero attached hydrogens (tertiary/aromatic N) is 4. The first-order valence-corrected chi connectivity index (χ1v) is 7.05. The number of nitroso groups, excluding NO2 is 1. The Balaban J connectivity index is 2.26. The first-order valence-electron chi connectivity index (χ1n) is 6.67. The van der Waals surface area contributed by atoms with Gasteiger partial charge in [-0.2, -0.15) is 5.10 Å². The molecule has 0 bridgehead atoms. The minimum Gasteiger partial charge on any atom is -0.322 e. The van der Waals surface area contributed by atoms with E-state index in [4.69, 9.17) is 17.3 Å². The Labute approximate surface area is 131 Å². The summed E-state index contributed by atoms with van der Waals surface area (Å²) in [5.74, 6) is 0.541. The molecule has 0 amide bonds. The maximum Gasteiger partial charge on any atom is 0.198 e. The van der Waals surface area contributed by atoms with Crippen LogP contribution in [0.5, 0.6) is 0 Å². The summed E-state index contributed by atoms with van der Waals surface area (Å²) in [7, 11) is 0. The van der Waals surface area contributed by atoms with Crippen molar-refractivity contribution < 1.29 is 0 Å². The molecule has 7 heteroatoms. The van der Waals surface area contributed by atoms with Crippen LogP contribution >= 0.6 is 11.6 Å². The number of halogens is 1. The molecule has 0 radical (unpaired) electrons. The highest BCUT2D eigenvalue weighted by Gasteiger charge is 2.18. The molecule has 0 saturated heterocycles. The van der Waals surface area contributed by atoms with Crippen molar-refractivity contribution in [2.75, 3.05) is 0 Å². The number of nitrogens with two attached hydrogens (primary N) is 1.